The van der Waals surface area contributed by atoms with Crippen molar-refractivity contribution in [2.45, 2.75) is 78.1 Å². The molecular formula is C29H38N4O5. The van der Waals surface area contributed by atoms with Gasteiger partial charge >= 0.3 is 6.09 Å². The summed E-state index contributed by atoms with van der Waals surface area (Å²) in [6.07, 6.45) is -0.764. The Morgan fingerprint density at radius 1 is 1.00 bits per heavy atom. The first-order chi connectivity index (χ1) is 17.6. The molecule has 38 heavy (non-hydrogen) atoms. The number of rotatable bonds is 8. The van der Waals surface area contributed by atoms with E-state index >= 15 is 0 Å². The molecule has 0 spiro atoms. The number of aromatic hydroxyl groups is 1. The van der Waals surface area contributed by atoms with Gasteiger partial charge in [0.05, 0.1) is 6.07 Å². The fourth-order valence-electron chi connectivity index (χ4n) is 3.75. The molecule has 0 saturated heterocycles. The van der Waals surface area contributed by atoms with E-state index in [0.29, 0.717) is 11.1 Å². The van der Waals surface area contributed by atoms with Crippen LogP contribution in [0.4, 0.5) is 4.79 Å². The predicted molar refractivity (Wildman–Crippen MR) is 144 cm³/mol. The minimum Gasteiger partial charge on any atom is -0.508 e. The molecule has 0 heterocycles. The Morgan fingerprint density at radius 3 is 2.08 bits per heavy atom. The normalized spacial score (nSPS) is 13.0. The van der Waals surface area contributed by atoms with Gasteiger partial charge in [-0.25, -0.2) is 4.79 Å². The first-order valence-electron chi connectivity index (χ1n) is 12.4. The van der Waals surface area contributed by atoms with Gasteiger partial charge in [-0.05, 0) is 71.7 Å². The van der Waals surface area contributed by atoms with Gasteiger partial charge in [0.25, 0.3) is 0 Å². The molecule has 0 bridgehead atoms. The number of nitrogens with zero attached hydrogens (tertiary/aromatic N) is 2. The first kappa shape index (κ1) is 30.2. The maximum Gasteiger partial charge on any atom is 0.408 e. The molecule has 3 N–H and O–H groups in total. The predicted octanol–water partition coefficient (Wildman–Crippen LogP) is 4.14. The van der Waals surface area contributed by atoms with Gasteiger partial charge < -0.3 is 25.4 Å². The van der Waals surface area contributed by atoms with Crippen molar-refractivity contribution in [3.05, 3.63) is 65.2 Å². The van der Waals surface area contributed by atoms with Crippen LogP contribution >= 0.6 is 0 Å². The summed E-state index contributed by atoms with van der Waals surface area (Å²) < 4.78 is 5.38. The number of carbonyl (C=O) groups is 3. The van der Waals surface area contributed by atoms with Gasteiger partial charge in [-0.2, -0.15) is 5.26 Å². The van der Waals surface area contributed by atoms with Crippen molar-refractivity contribution in [2.75, 3.05) is 6.54 Å². The Balaban J connectivity index is 2.54. The number of alkyl carbamates (subject to hydrolysis) is 1. The molecule has 2 aromatic rings. The minimum absolute atomic E-state index is 0.0434. The number of amides is 3. The van der Waals surface area contributed by atoms with Crippen LogP contribution in [0.5, 0.6) is 5.75 Å². The molecule has 2 rings (SSSR count). The number of carbonyl (C=O) groups excluding carboxylic acids is 3. The molecular weight excluding hydrogens is 484 g/mol. The van der Waals surface area contributed by atoms with Crippen LogP contribution < -0.4 is 10.6 Å². The van der Waals surface area contributed by atoms with Crippen LogP contribution in [0, 0.1) is 18.3 Å². The Labute approximate surface area is 224 Å². The van der Waals surface area contributed by atoms with Gasteiger partial charge in [0.1, 0.15) is 30.0 Å². The van der Waals surface area contributed by atoms with E-state index in [0.717, 1.165) is 5.56 Å². The number of nitrogens with one attached hydrogen (secondary N) is 2. The number of phenolic OH excluding ortho intramolecular Hbond substituents is 1. The third-order valence-corrected chi connectivity index (χ3v) is 5.34. The lowest BCUT2D eigenvalue weighted by Gasteiger charge is -2.34. The van der Waals surface area contributed by atoms with Crippen LogP contribution in [-0.4, -0.2) is 51.6 Å². The highest BCUT2D eigenvalue weighted by Gasteiger charge is 2.37. The number of nitriles is 1. The summed E-state index contributed by atoms with van der Waals surface area (Å²) in [5.41, 5.74) is 0.752. The summed E-state index contributed by atoms with van der Waals surface area (Å²) in [6, 6.07) is 13.1. The summed E-state index contributed by atoms with van der Waals surface area (Å²) in [4.78, 5) is 41.5. The summed E-state index contributed by atoms with van der Waals surface area (Å²) in [5.74, 6) is -1.02. The zero-order valence-electron chi connectivity index (χ0n) is 23.2. The molecule has 0 aliphatic carbocycles. The highest BCUT2D eigenvalue weighted by molar-refractivity contribution is 5.92. The van der Waals surface area contributed by atoms with Crippen molar-refractivity contribution < 1.29 is 24.2 Å². The van der Waals surface area contributed by atoms with Crippen molar-refractivity contribution in [2.24, 2.45) is 0 Å². The SMILES string of the molecule is Cc1ccc(C(C(=O)NC(C)(C)C)N(CC#N)C(=O)C(Cc2ccc(O)cc2)NC(=O)OC(C)(C)C)cc1. The van der Waals surface area contributed by atoms with Gasteiger partial charge in [-0.15, -0.1) is 0 Å². The van der Waals surface area contributed by atoms with Crippen molar-refractivity contribution in [3.8, 4) is 11.8 Å². The zero-order chi connectivity index (χ0) is 28.7. The van der Waals surface area contributed by atoms with E-state index < -0.39 is 47.7 Å². The largest absolute Gasteiger partial charge is 0.508 e. The van der Waals surface area contributed by atoms with E-state index in [1.54, 1.807) is 45.0 Å². The van der Waals surface area contributed by atoms with E-state index in [-0.39, 0.29) is 12.2 Å². The van der Waals surface area contributed by atoms with Gasteiger partial charge in [0.15, 0.2) is 0 Å². The van der Waals surface area contributed by atoms with Crippen molar-refractivity contribution in [1.82, 2.24) is 15.5 Å². The average molecular weight is 523 g/mol. The summed E-state index contributed by atoms with van der Waals surface area (Å²) in [5, 5.41) is 24.9. The van der Waals surface area contributed by atoms with Crippen LogP contribution in [0.1, 0.15) is 64.3 Å². The summed E-state index contributed by atoms with van der Waals surface area (Å²) >= 11 is 0. The Kier molecular flexibility index (Phi) is 9.89. The molecule has 0 aliphatic heterocycles. The number of benzene rings is 2. The Morgan fingerprint density at radius 2 is 1.58 bits per heavy atom. The first-order valence-corrected chi connectivity index (χ1v) is 12.4. The van der Waals surface area contributed by atoms with Gasteiger partial charge in [0, 0.05) is 12.0 Å². The van der Waals surface area contributed by atoms with Crippen molar-refractivity contribution >= 4 is 17.9 Å². The number of ether oxygens (including phenoxy) is 1. The molecule has 2 atom stereocenters. The van der Waals surface area contributed by atoms with Crippen LogP contribution in [0.25, 0.3) is 0 Å². The average Bonchev–Trinajstić information content (AvgIpc) is 2.78. The monoisotopic (exact) mass is 522 g/mol. The van der Waals surface area contributed by atoms with Gasteiger partial charge in [0.2, 0.25) is 11.8 Å². The molecule has 9 nitrogen and oxygen atoms in total. The molecule has 0 saturated carbocycles. The van der Waals surface area contributed by atoms with E-state index in [4.69, 9.17) is 4.74 Å². The molecule has 2 aromatic carbocycles. The second-order valence-corrected chi connectivity index (χ2v) is 11.2. The third kappa shape index (κ3) is 9.43. The topological polar surface area (TPSA) is 132 Å². The molecule has 0 radical (unpaired) electrons. The summed E-state index contributed by atoms with van der Waals surface area (Å²) in [7, 11) is 0. The molecule has 0 aromatic heterocycles. The summed E-state index contributed by atoms with van der Waals surface area (Å²) in [6.45, 7) is 12.1. The van der Waals surface area contributed by atoms with Crippen LogP contribution in [0.2, 0.25) is 0 Å². The Bertz CT molecular complexity index is 1160. The van der Waals surface area contributed by atoms with E-state index in [2.05, 4.69) is 10.6 Å². The highest BCUT2D eigenvalue weighted by Crippen LogP contribution is 2.25. The fourth-order valence-corrected chi connectivity index (χ4v) is 3.75. The quantitative estimate of drug-likeness (QED) is 0.447. The molecule has 0 fully saturated rings. The zero-order valence-corrected chi connectivity index (χ0v) is 23.2. The smallest absolute Gasteiger partial charge is 0.408 e. The lowest BCUT2D eigenvalue weighted by Crippen LogP contribution is -2.55. The highest BCUT2D eigenvalue weighted by atomic mass is 16.6. The Hall–Kier alpha value is -4.06. The maximum atomic E-state index is 14.0. The second kappa shape index (κ2) is 12.5. The molecule has 204 valence electrons. The number of aryl methyl sites for hydroxylation is 1. The maximum absolute atomic E-state index is 14.0. The van der Waals surface area contributed by atoms with Gasteiger partial charge in [-0.3, -0.25) is 9.59 Å². The number of phenols is 1. The molecule has 0 aliphatic rings. The van der Waals surface area contributed by atoms with E-state index in [1.165, 1.54) is 17.0 Å². The molecule has 2 unspecified atom stereocenters. The number of hydrogen-bond donors (Lipinski definition) is 3. The molecule has 3 amide bonds. The number of hydrogen-bond acceptors (Lipinski definition) is 6. The van der Waals surface area contributed by atoms with E-state index in [9.17, 15) is 24.8 Å². The third-order valence-electron chi connectivity index (χ3n) is 5.34. The lowest BCUT2D eigenvalue weighted by molar-refractivity contribution is -0.142. The van der Waals surface area contributed by atoms with E-state index in [1.807, 2.05) is 45.9 Å². The van der Waals surface area contributed by atoms with Crippen LogP contribution in [-0.2, 0) is 20.7 Å². The van der Waals surface area contributed by atoms with Crippen LogP contribution in [0.3, 0.4) is 0 Å². The van der Waals surface area contributed by atoms with Crippen LogP contribution in [0.15, 0.2) is 48.5 Å². The van der Waals surface area contributed by atoms with Gasteiger partial charge in [-0.1, -0.05) is 42.0 Å². The van der Waals surface area contributed by atoms with Crippen molar-refractivity contribution in [3.63, 3.8) is 0 Å². The fraction of sp³-hybridized carbons (Fsp3) is 0.448. The minimum atomic E-state index is -1.15. The second-order valence-electron chi connectivity index (χ2n) is 11.2. The molecule has 9 heteroatoms. The standard InChI is InChI=1S/C29H38N4O5/c1-19-8-12-21(13-9-19)24(25(35)32-28(2,3)4)33(17-16-30)26(36)23(31-27(37)38-29(5,6)7)18-20-10-14-22(34)15-11-20/h8-15,23-24,34H,17-18H2,1-7H3,(H,31,37)(H,32,35). The van der Waals surface area contributed by atoms with Crippen molar-refractivity contribution in [1.29, 1.82) is 5.26 Å². The lowest BCUT2D eigenvalue weighted by atomic mass is 9.98.